The van der Waals surface area contributed by atoms with Crippen LogP contribution in [0.4, 0.5) is 5.00 Å². The number of hydrogen-bond acceptors (Lipinski definition) is 5. The molecule has 3 amide bonds. The molecule has 0 bridgehead atoms. The van der Waals surface area contributed by atoms with Gasteiger partial charge in [-0.25, -0.2) is 0 Å². The lowest BCUT2D eigenvalue weighted by Crippen LogP contribution is -2.36. The first kappa shape index (κ1) is 19.4. The maximum Gasteiger partial charge on any atom is 0.314 e. The molecule has 25 heavy (non-hydrogen) atoms. The molecule has 1 aromatic heterocycles. The van der Waals surface area contributed by atoms with Crippen molar-refractivity contribution in [2.24, 2.45) is 11.7 Å². The molecule has 0 aliphatic carbocycles. The van der Waals surface area contributed by atoms with Crippen LogP contribution in [0, 0.1) is 5.92 Å². The Morgan fingerprint density at radius 2 is 1.96 bits per heavy atom. The molecule has 0 atom stereocenters. The van der Waals surface area contributed by atoms with Crippen molar-refractivity contribution in [1.29, 1.82) is 0 Å². The smallest absolute Gasteiger partial charge is 0.314 e. The van der Waals surface area contributed by atoms with Crippen molar-refractivity contribution in [2.75, 3.05) is 11.9 Å². The number of primary amides is 1. The fraction of sp³-hybridized carbons (Fsp3) is 0.588. The van der Waals surface area contributed by atoms with E-state index in [1.54, 1.807) is 0 Å². The summed E-state index contributed by atoms with van der Waals surface area (Å²) in [6.07, 6.45) is 1.30. The summed E-state index contributed by atoms with van der Waals surface area (Å²) in [6.45, 7) is 8.70. The SMILES string of the molecule is CC(C)CCNC(=O)C(=O)Nc1sc2c(c1C(N)=O)CC(C)(C)OC2. The number of nitrogens with one attached hydrogen (secondary N) is 2. The topological polar surface area (TPSA) is 111 Å². The van der Waals surface area contributed by atoms with Gasteiger partial charge in [0, 0.05) is 17.8 Å². The van der Waals surface area contributed by atoms with Crippen LogP contribution in [0.25, 0.3) is 0 Å². The molecule has 0 radical (unpaired) electrons. The highest BCUT2D eigenvalue weighted by atomic mass is 32.1. The van der Waals surface area contributed by atoms with Gasteiger partial charge in [0.1, 0.15) is 5.00 Å². The summed E-state index contributed by atoms with van der Waals surface area (Å²) in [5.41, 5.74) is 6.18. The molecule has 1 aromatic rings. The standard InChI is InChI=1S/C17H25N3O4S/c1-9(2)5-6-19-14(22)15(23)20-16-12(13(18)21)10-7-17(3,4)24-8-11(10)25-16/h9H,5-8H2,1-4H3,(H2,18,21)(H,19,22)(H,20,23). The van der Waals surface area contributed by atoms with Crippen molar-refractivity contribution in [2.45, 2.75) is 52.7 Å². The Morgan fingerprint density at radius 1 is 1.28 bits per heavy atom. The molecule has 0 unspecified atom stereocenters. The van der Waals surface area contributed by atoms with E-state index in [-0.39, 0.29) is 5.56 Å². The summed E-state index contributed by atoms with van der Waals surface area (Å²) in [4.78, 5) is 36.8. The average Bonchev–Trinajstić information content (AvgIpc) is 2.82. The third-order valence-electron chi connectivity index (χ3n) is 3.97. The third-order valence-corrected chi connectivity index (χ3v) is 5.10. The summed E-state index contributed by atoms with van der Waals surface area (Å²) in [7, 11) is 0. The van der Waals surface area contributed by atoms with E-state index in [4.69, 9.17) is 10.5 Å². The van der Waals surface area contributed by atoms with E-state index >= 15 is 0 Å². The lowest BCUT2D eigenvalue weighted by molar-refractivity contribution is -0.136. The monoisotopic (exact) mass is 367 g/mol. The summed E-state index contributed by atoms with van der Waals surface area (Å²) in [5.74, 6) is -1.72. The molecule has 2 heterocycles. The van der Waals surface area contributed by atoms with Crippen LogP contribution in [-0.4, -0.2) is 29.9 Å². The number of carbonyl (C=O) groups excluding carboxylic acids is 3. The van der Waals surface area contributed by atoms with Crippen LogP contribution >= 0.6 is 11.3 Å². The number of ether oxygens (including phenoxy) is 1. The Hall–Kier alpha value is -1.93. The average molecular weight is 367 g/mol. The van der Waals surface area contributed by atoms with Gasteiger partial charge < -0.3 is 21.1 Å². The number of rotatable bonds is 5. The molecule has 0 fully saturated rings. The fourth-order valence-electron chi connectivity index (χ4n) is 2.62. The molecule has 4 N–H and O–H groups in total. The molecule has 1 aliphatic rings. The zero-order valence-electron chi connectivity index (χ0n) is 15.0. The van der Waals surface area contributed by atoms with Gasteiger partial charge in [0.15, 0.2) is 0 Å². The number of hydrogen-bond donors (Lipinski definition) is 3. The fourth-order valence-corrected chi connectivity index (χ4v) is 3.75. The van der Waals surface area contributed by atoms with Crippen molar-refractivity contribution in [3.63, 3.8) is 0 Å². The Labute approximate surface area is 151 Å². The van der Waals surface area contributed by atoms with E-state index in [2.05, 4.69) is 10.6 Å². The molecule has 8 heteroatoms. The highest BCUT2D eigenvalue weighted by molar-refractivity contribution is 7.17. The summed E-state index contributed by atoms with van der Waals surface area (Å²) in [5, 5.41) is 5.40. The minimum atomic E-state index is -0.801. The Kier molecular flexibility index (Phi) is 5.84. The normalized spacial score (nSPS) is 15.6. The van der Waals surface area contributed by atoms with E-state index in [9.17, 15) is 14.4 Å². The molecule has 0 aromatic carbocycles. The van der Waals surface area contributed by atoms with Gasteiger partial charge in [-0.2, -0.15) is 0 Å². The quantitative estimate of drug-likeness (QED) is 0.689. The number of anilines is 1. The number of amides is 3. The van der Waals surface area contributed by atoms with Gasteiger partial charge in [0.2, 0.25) is 0 Å². The predicted octanol–water partition coefficient (Wildman–Crippen LogP) is 1.80. The first-order chi connectivity index (χ1) is 11.6. The van der Waals surface area contributed by atoms with Crippen LogP contribution in [0.1, 0.15) is 54.9 Å². The molecule has 0 saturated carbocycles. The number of fused-ring (bicyclic) bond motifs is 1. The molecule has 138 valence electrons. The largest absolute Gasteiger partial charge is 0.370 e. The van der Waals surface area contributed by atoms with Gasteiger partial charge in [-0.05, 0) is 31.7 Å². The van der Waals surface area contributed by atoms with Gasteiger partial charge >= 0.3 is 11.8 Å². The minimum Gasteiger partial charge on any atom is -0.370 e. The number of thiophene rings is 1. The van der Waals surface area contributed by atoms with Crippen LogP contribution in [0.3, 0.4) is 0 Å². The molecule has 2 rings (SSSR count). The lowest BCUT2D eigenvalue weighted by Gasteiger charge is -2.30. The summed E-state index contributed by atoms with van der Waals surface area (Å²) in [6, 6.07) is 0. The number of carbonyl (C=O) groups is 3. The van der Waals surface area contributed by atoms with E-state index in [0.29, 0.717) is 30.5 Å². The Bertz CT molecular complexity index is 694. The first-order valence-corrected chi connectivity index (χ1v) is 9.10. The lowest BCUT2D eigenvalue weighted by atomic mass is 9.93. The molecule has 0 spiro atoms. The van der Waals surface area contributed by atoms with Gasteiger partial charge in [-0.1, -0.05) is 13.8 Å². The van der Waals surface area contributed by atoms with Crippen LogP contribution in [-0.2, 0) is 27.4 Å². The van der Waals surface area contributed by atoms with E-state index in [0.717, 1.165) is 16.9 Å². The van der Waals surface area contributed by atoms with Gasteiger partial charge in [0.05, 0.1) is 17.8 Å². The zero-order chi connectivity index (χ0) is 18.8. The highest BCUT2D eigenvalue weighted by Crippen LogP contribution is 2.40. The van der Waals surface area contributed by atoms with Gasteiger partial charge in [-0.15, -0.1) is 11.3 Å². The zero-order valence-corrected chi connectivity index (χ0v) is 15.8. The maximum absolute atomic E-state index is 12.1. The number of nitrogens with two attached hydrogens (primary N) is 1. The summed E-state index contributed by atoms with van der Waals surface area (Å²) >= 11 is 1.23. The Morgan fingerprint density at radius 3 is 2.56 bits per heavy atom. The molecular formula is C17H25N3O4S. The highest BCUT2D eigenvalue weighted by Gasteiger charge is 2.33. The van der Waals surface area contributed by atoms with Crippen molar-refractivity contribution in [3.05, 3.63) is 16.0 Å². The molecule has 7 nitrogen and oxygen atoms in total. The molecular weight excluding hydrogens is 342 g/mol. The van der Waals surface area contributed by atoms with E-state index < -0.39 is 23.3 Å². The van der Waals surface area contributed by atoms with Crippen molar-refractivity contribution >= 4 is 34.1 Å². The second-order valence-electron chi connectivity index (χ2n) is 7.19. The second-order valence-corrected chi connectivity index (χ2v) is 8.30. The second kappa shape index (κ2) is 7.53. The predicted molar refractivity (Wildman–Crippen MR) is 96.5 cm³/mol. The van der Waals surface area contributed by atoms with Crippen molar-refractivity contribution in [1.82, 2.24) is 5.32 Å². The van der Waals surface area contributed by atoms with Crippen LogP contribution in [0.15, 0.2) is 0 Å². The van der Waals surface area contributed by atoms with Crippen LogP contribution in [0.5, 0.6) is 0 Å². The van der Waals surface area contributed by atoms with E-state index in [1.165, 1.54) is 11.3 Å². The van der Waals surface area contributed by atoms with E-state index in [1.807, 2.05) is 27.7 Å². The van der Waals surface area contributed by atoms with Crippen molar-refractivity contribution in [3.8, 4) is 0 Å². The Balaban J connectivity index is 2.14. The van der Waals surface area contributed by atoms with Crippen LogP contribution in [0.2, 0.25) is 0 Å². The third kappa shape index (κ3) is 4.79. The summed E-state index contributed by atoms with van der Waals surface area (Å²) < 4.78 is 5.73. The maximum atomic E-state index is 12.1. The van der Waals surface area contributed by atoms with Crippen LogP contribution < -0.4 is 16.4 Å². The minimum absolute atomic E-state index is 0.278. The molecule has 1 aliphatic heterocycles. The van der Waals surface area contributed by atoms with Gasteiger partial charge in [0.25, 0.3) is 5.91 Å². The first-order valence-electron chi connectivity index (χ1n) is 8.28. The molecule has 0 saturated heterocycles. The van der Waals surface area contributed by atoms with Gasteiger partial charge in [-0.3, -0.25) is 14.4 Å². The van der Waals surface area contributed by atoms with Crippen molar-refractivity contribution < 1.29 is 19.1 Å².